The minimum Gasteiger partial charge on any atom is -0.392 e. The molecule has 104 valence electrons. The number of hydrogen-bond donors (Lipinski definition) is 2. The SMILES string of the molecule is Nc1c(Br)cc2c(c1[N+](=O)[O-])CC(Cc1nn[nH]n1)C2. The van der Waals surface area contributed by atoms with Crippen molar-refractivity contribution < 1.29 is 4.92 Å². The van der Waals surface area contributed by atoms with Crippen LogP contribution in [-0.2, 0) is 19.3 Å². The van der Waals surface area contributed by atoms with E-state index in [1.807, 2.05) is 6.07 Å². The summed E-state index contributed by atoms with van der Waals surface area (Å²) in [5.41, 5.74) is 7.71. The number of hydrogen-bond acceptors (Lipinski definition) is 6. The van der Waals surface area contributed by atoms with Crippen molar-refractivity contribution in [3.8, 4) is 0 Å². The number of anilines is 1. The van der Waals surface area contributed by atoms with E-state index in [0.29, 0.717) is 23.1 Å². The van der Waals surface area contributed by atoms with Crippen molar-refractivity contribution in [1.29, 1.82) is 0 Å². The molecule has 1 aliphatic rings. The summed E-state index contributed by atoms with van der Waals surface area (Å²) in [5.74, 6) is 0.854. The Morgan fingerprint density at radius 3 is 3.00 bits per heavy atom. The van der Waals surface area contributed by atoms with Crippen LogP contribution in [0.5, 0.6) is 0 Å². The maximum absolute atomic E-state index is 11.2. The van der Waals surface area contributed by atoms with E-state index < -0.39 is 4.92 Å². The van der Waals surface area contributed by atoms with E-state index in [9.17, 15) is 10.1 Å². The molecule has 0 radical (unpaired) electrons. The average molecular weight is 339 g/mol. The molecule has 0 aliphatic heterocycles. The zero-order valence-corrected chi connectivity index (χ0v) is 11.9. The summed E-state index contributed by atoms with van der Waals surface area (Å²) in [4.78, 5) is 10.8. The Hall–Kier alpha value is -2.03. The zero-order chi connectivity index (χ0) is 14.3. The van der Waals surface area contributed by atoms with Gasteiger partial charge in [-0.2, -0.15) is 5.21 Å². The van der Waals surface area contributed by atoms with Crippen LogP contribution in [0.15, 0.2) is 10.5 Å². The Bertz CT molecular complexity index is 672. The Kier molecular flexibility index (Phi) is 3.13. The van der Waals surface area contributed by atoms with Crippen molar-refractivity contribution in [2.75, 3.05) is 5.73 Å². The fraction of sp³-hybridized carbons (Fsp3) is 0.364. The smallest absolute Gasteiger partial charge is 0.296 e. The lowest BCUT2D eigenvalue weighted by molar-refractivity contribution is -0.384. The molecule has 20 heavy (non-hydrogen) atoms. The lowest BCUT2D eigenvalue weighted by Crippen LogP contribution is -2.06. The van der Waals surface area contributed by atoms with Crippen LogP contribution in [0, 0.1) is 16.0 Å². The third-order valence-electron chi connectivity index (χ3n) is 3.53. The van der Waals surface area contributed by atoms with Gasteiger partial charge in [0, 0.05) is 16.5 Å². The molecule has 3 N–H and O–H groups in total. The lowest BCUT2D eigenvalue weighted by Gasteiger charge is -2.06. The number of aromatic amines is 1. The van der Waals surface area contributed by atoms with Gasteiger partial charge in [-0.05, 0) is 46.3 Å². The number of H-pyrrole nitrogens is 1. The van der Waals surface area contributed by atoms with Crippen molar-refractivity contribution in [3.63, 3.8) is 0 Å². The number of tetrazole rings is 1. The summed E-state index contributed by atoms with van der Waals surface area (Å²) in [5, 5.41) is 25.0. The van der Waals surface area contributed by atoms with Gasteiger partial charge in [0.05, 0.1) is 4.92 Å². The first-order valence-electron chi connectivity index (χ1n) is 6.02. The molecular formula is C11H11BrN6O2. The molecular weight excluding hydrogens is 328 g/mol. The molecule has 1 aromatic carbocycles. The van der Waals surface area contributed by atoms with Gasteiger partial charge in [0.1, 0.15) is 5.69 Å². The number of nitrogens with zero attached hydrogens (tertiary/aromatic N) is 4. The van der Waals surface area contributed by atoms with Crippen LogP contribution in [0.2, 0.25) is 0 Å². The summed E-state index contributed by atoms with van der Waals surface area (Å²) in [6.07, 6.45) is 2.00. The Labute approximate surface area is 122 Å². The molecule has 9 heteroatoms. The molecule has 0 saturated carbocycles. The number of aromatic nitrogens is 4. The van der Waals surface area contributed by atoms with Gasteiger partial charge < -0.3 is 5.73 Å². The number of halogens is 1. The van der Waals surface area contributed by atoms with E-state index in [2.05, 4.69) is 36.6 Å². The molecule has 3 rings (SSSR count). The van der Waals surface area contributed by atoms with E-state index in [-0.39, 0.29) is 17.3 Å². The van der Waals surface area contributed by atoms with Crippen molar-refractivity contribution in [3.05, 3.63) is 37.6 Å². The Morgan fingerprint density at radius 1 is 1.55 bits per heavy atom. The minimum atomic E-state index is -0.407. The number of nitrogens with two attached hydrogens (primary N) is 1. The van der Waals surface area contributed by atoms with E-state index in [1.54, 1.807) is 0 Å². The topological polar surface area (TPSA) is 124 Å². The second kappa shape index (κ2) is 4.82. The second-order valence-electron chi connectivity index (χ2n) is 4.82. The van der Waals surface area contributed by atoms with Gasteiger partial charge in [0.15, 0.2) is 5.82 Å². The summed E-state index contributed by atoms with van der Waals surface area (Å²) < 4.78 is 0.572. The highest BCUT2D eigenvalue weighted by Gasteiger charge is 2.32. The number of nitro benzene ring substituents is 1. The standard InChI is InChI=1S/C11H11BrN6O2/c12-8-4-6-1-5(3-9-14-16-17-15-9)2-7(6)11(10(8)13)18(19)20/h4-5H,1-3,13H2,(H,14,15,16,17). The Morgan fingerprint density at radius 2 is 2.35 bits per heavy atom. The van der Waals surface area contributed by atoms with E-state index in [1.165, 1.54) is 0 Å². The van der Waals surface area contributed by atoms with Gasteiger partial charge in [0.25, 0.3) is 5.69 Å². The molecule has 1 aromatic heterocycles. The van der Waals surface area contributed by atoms with E-state index >= 15 is 0 Å². The van der Waals surface area contributed by atoms with Crippen LogP contribution in [0.3, 0.4) is 0 Å². The quantitative estimate of drug-likeness (QED) is 0.495. The predicted molar refractivity (Wildman–Crippen MR) is 74.0 cm³/mol. The van der Waals surface area contributed by atoms with Crippen LogP contribution >= 0.6 is 15.9 Å². The van der Waals surface area contributed by atoms with Crippen LogP contribution in [0.25, 0.3) is 0 Å². The minimum absolute atomic E-state index is 0.0185. The molecule has 0 spiro atoms. The molecule has 0 saturated heterocycles. The van der Waals surface area contributed by atoms with Gasteiger partial charge in [-0.1, -0.05) is 5.21 Å². The molecule has 1 unspecified atom stereocenters. The summed E-state index contributed by atoms with van der Waals surface area (Å²) >= 11 is 3.28. The van der Waals surface area contributed by atoms with Crippen molar-refractivity contribution >= 4 is 27.3 Å². The largest absolute Gasteiger partial charge is 0.392 e. The molecule has 0 amide bonds. The number of nitrogen functional groups attached to an aromatic ring is 1. The van der Waals surface area contributed by atoms with Gasteiger partial charge in [-0.25, -0.2) is 0 Å². The van der Waals surface area contributed by atoms with Gasteiger partial charge in [-0.15, -0.1) is 10.2 Å². The van der Waals surface area contributed by atoms with Crippen LogP contribution in [0.1, 0.15) is 17.0 Å². The molecule has 0 bridgehead atoms. The van der Waals surface area contributed by atoms with Crippen LogP contribution in [-0.4, -0.2) is 25.5 Å². The Balaban J connectivity index is 1.93. The average Bonchev–Trinajstić information content (AvgIpc) is 3.00. The number of nitro groups is 1. The third kappa shape index (κ3) is 2.13. The lowest BCUT2D eigenvalue weighted by atomic mass is 10.0. The number of benzene rings is 1. The number of rotatable bonds is 3. The first-order valence-corrected chi connectivity index (χ1v) is 6.82. The van der Waals surface area contributed by atoms with Crippen molar-refractivity contribution in [2.24, 2.45) is 5.92 Å². The van der Waals surface area contributed by atoms with Gasteiger partial charge in [-0.3, -0.25) is 10.1 Å². The fourth-order valence-electron chi connectivity index (χ4n) is 2.71. The molecule has 8 nitrogen and oxygen atoms in total. The highest BCUT2D eigenvalue weighted by molar-refractivity contribution is 9.10. The molecule has 2 aromatic rings. The molecule has 1 aliphatic carbocycles. The van der Waals surface area contributed by atoms with Gasteiger partial charge in [0.2, 0.25) is 0 Å². The first kappa shape index (κ1) is 13.0. The van der Waals surface area contributed by atoms with Crippen LogP contribution < -0.4 is 5.73 Å². The normalized spacial score (nSPS) is 17.1. The zero-order valence-electron chi connectivity index (χ0n) is 10.3. The van der Waals surface area contributed by atoms with Crippen LogP contribution in [0.4, 0.5) is 11.4 Å². The third-order valence-corrected chi connectivity index (χ3v) is 4.19. The van der Waals surface area contributed by atoms with Crippen molar-refractivity contribution in [1.82, 2.24) is 20.6 Å². The molecule has 1 atom stereocenters. The first-order chi connectivity index (χ1) is 9.56. The second-order valence-corrected chi connectivity index (χ2v) is 5.68. The highest BCUT2D eigenvalue weighted by Crippen LogP contribution is 2.42. The number of fused-ring (bicyclic) bond motifs is 1. The maximum atomic E-state index is 11.2. The summed E-state index contributed by atoms with van der Waals surface area (Å²) in [6, 6.07) is 1.87. The monoisotopic (exact) mass is 338 g/mol. The predicted octanol–water partition coefficient (Wildman–Crippen LogP) is 1.41. The highest BCUT2D eigenvalue weighted by atomic mass is 79.9. The van der Waals surface area contributed by atoms with E-state index in [0.717, 1.165) is 17.5 Å². The maximum Gasteiger partial charge on any atom is 0.296 e. The molecule has 1 heterocycles. The van der Waals surface area contributed by atoms with Gasteiger partial charge >= 0.3 is 0 Å². The summed E-state index contributed by atoms with van der Waals surface area (Å²) in [6.45, 7) is 0. The van der Waals surface area contributed by atoms with Crippen molar-refractivity contribution in [2.45, 2.75) is 19.3 Å². The van der Waals surface area contributed by atoms with E-state index in [4.69, 9.17) is 5.73 Å². The summed E-state index contributed by atoms with van der Waals surface area (Å²) in [7, 11) is 0. The fourth-order valence-corrected chi connectivity index (χ4v) is 3.17. The molecule has 0 fully saturated rings. The number of nitrogens with one attached hydrogen (secondary N) is 1.